The van der Waals surface area contributed by atoms with Crippen molar-refractivity contribution >= 4 is 61.9 Å². The van der Waals surface area contributed by atoms with Gasteiger partial charge in [-0.05, 0) is 43.5 Å². The van der Waals surface area contributed by atoms with Crippen LogP contribution in [0.5, 0.6) is 0 Å². The van der Waals surface area contributed by atoms with Crippen molar-refractivity contribution < 1.29 is 4.79 Å². The molecule has 34 heavy (non-hydrogen) atoms. The van der Waals surface area contributed by atoms with Crippen molar-refractivity contribution in [3.8, 4) is 10.6 Å². The van der Waals surface area contributed by atoms with E-state index in [0.29, 0.717) is 20.7 Å². The molecule has 180 valence electrons. The molecule has 5 rings (SSSR count). The van der Waals surface area contributed by atoms with Crippen molar-refractivity contribution in [2.24, 2.45) is 0 Å². The molecule has 1 saturated carbocycles. The minimum absolute atomic E-state index is 0.208. The van der Waals surface area contributed by atoms with Crippen molar-refractivity contribution in [1.82, 2.24) is 9.88 Å². The van der Waals surface area contributed by atoms with Gasteiger partial charge in [-0.2, -0.15) is 0 Å². The Morgan fingerprint density at radius 3 is 2.53 bits per heavy atom. The summed E-state index contributed by atoms with van der Waals surface area (Å²) in [5, 5.41) is 7.89. The smallest absolute Gasteiger partial charge is 0.257 e. The number of aromatic nitrogens is 1. The van der Waals surface area contributed by atoms with E-state index >= 15 is 0 Å². The van der Waals surface area contributed by atoms with E-state index in [4.69, 9.17) is 28.2 Å². The molecule has 0 atom stereocenters. The number of piperazine rings is 1. The predicted octanol–water partition coefficient (Wildman–Crippen LogP) is 7.19. The van der Waals surface area contributed by atoms with Crippen molar-refractivity contribution in [2.45, 2.75) is 45.1 Å². The molecule has 1 aliphatic heterocycles. The van der Waals surface area contributed by atoms with Gasteiger partial charge in [0.25, 0.3) is 5.91 Å². The summed E-state index contributed by atoms with van der Waals surface area (Å²) < 4.78 is 0. The largest absolute Gasteiger partial charge is 0.359 e. The minimum atomic E-state index is -0.208. The number of thiazole rings is 1. The Balaban J connectivity index is 1.36. The predicted molar refractivity (Wildman–Crippen MR) is 145 cm³/mol. The first-order chi connectivity index (χ1) is 16.5. The lowest BCUT2D eigenvalue weighted by atomic mass is 9.94. The third kappa shape index (κ3) is 5.29. The Bertz CT molecular complexity index is 1160. The number of nitrogens with one attached hydrogen (secondary N) is 1. The van der Waals surface area contributed by atoms with Crippen LogP contribution in [0.2, 0.25) is 10.0 Å². The molecular formula is C25H28Cl2N4OS2. The quantitative estimate of drug-likeness (QED) is 0.376. The molecule has 9 heteroatoms. The number of nitrogens with zero attached hydrogens (tertiary/aromatic N) is 3. The van der Waals surface area contributed by atoms with Crippen LogP contribution in [0, 0.1) is 6.92 Å². The van der Waals surface area contributed by atoms with E-state index in [1.54, 1.807) is 23.5 Å². The standard InChI is InChI=1S/C25H28Cl2N4OS2/c1-16-7-8-17(13-20(16)27)23(32)29-25-28-22(21-14-18(26)15-33-21)24(34-25)31-11-9-30(10-12-31)19-5-3-2-4-6-19/h7-8,13-15,19H,2-6,9-12H2,1H3,(H,28,29,32). The van der Waals surface area contributed by atoms with Gasteiger partial charge in [-0.15, -0.1) is 11.3 Å². The summed E-state index contributed by atoms with van der Waals surface area (Å²) in [5.74, 6) is -0.208. The first kappa shape index (κ1) is 24.1. The maximum absolute atomic E-state index is 12.9. The van der Waals surface area contributed by atoms with E-state index in [0.717, 1.165) is 53.4 Å². The number of amides is 1. The number of benzene rings is 1. The molecule has 1 aromatic carbocycles. The van der Waals surface area contributed by atoms with Crippen LogP contribution in [0.4, 0.5) is 10.1 Å². The molecule has 3 heterocycles. The molecule has 0 radical (unpaired) electrons. The zero-order valence-electron chi connectivity index (χ0n) is 19.2. The number of carbonyl (C=O) groups excluding carboxylic acids is 1. The van der Waals surface area contributed by atoms with Gasteiger partial charge < -0.3 is 4.90 Å². The fraction of sp³-hybridized carbons (Fsp3) is 0.440. The molecule has 0 unspecified atom stereocenters. The molecule has 2 fully saturated rings. The van der Waals surface area contributed by atoms with Crippen LogP contribution in [-0.4, -0.2) is 48.0 Å². The highest BCUT2D eigenvalue weighted by molar-refractivity contribution is 7.21. The maximum atomic E-state index is 12.9. The molecule has 1 amide bonds. The van der Waals surface area contributed by atoms with Crippen LogP contribution in [-0.2, 0) is 0 Å². The molecule has 3 aromatic rings. The number of anilines is 2. The molecule has 0 spiro atoms. The lowest BCUT2D eigenvalue weighted by Gasteiger charge is -2.41. The van der Waals surface area contributed by atoms with Gasteiger partial charge in [-0.1, -0.05) is 59.9 Å². The Morgan fingerprint density at radius 1 is 1.09 bits per heavy atom. The second-order valence-corrected chi connectivity index (χ2v) is 11.8. The number of hydrogen-bond acceptors (Lipinski definition) is 6. The Labute approximate surface area is 218 Å². The Hall–Kier alpha value is -1.64. The van der Waals surface area contributed by atoms with Gasteiger partial charge in [0.15, 0.2) is 5.13 Å². The third-order valence-corrected chi connectivity index (χ3v) is 9.48. The highest BCUT2D eigenvalue weighted by atomic mass is 35.5. The van der Waals surface area contributed by atoms with Crippen LogP contribution in [0.1, 0.15) is 48.0 Å². The Kier molecular flexibility index (Phi) is 7.46. The summed E-state index contributed by atoms with van der Waals surface area (Å²) in [6, 6.07) is 8.04. The fourth-order valence-electron chi connectivity index (χ4n) is 4.82. The average Bonchev–Trinajstić information content (AvgIpc) is 3.47. The topological polar surface area (TPSA) is 48.5 Å². The monoisotopic (exact) mass is 534 g/mol. The average molecular weight is 536 g/mol. The summed E-state index contributed by atoms with van der Waals surface area (Å²) in [7, 11) is 0. The van der Waals surface area contributed by atoms with Crippen molar-refractivity contribution in [1.29, 1.82) is 0 Å². The van der Waals surface area contributed by atoms with Gasteiger partial charge in [0, 0.05) is 48.2 Å². The summed E-state index contributed by atoms with van der Waals surface area (Å²) >= 11 is 15.6. The van der Waals surface area contributed by atoms with Crippen LogP contribution < -0.4 is 10.2 Å². The van der Waals surface area contributed by atoms with Gasteiger partial charge in [0.05, 0.1) is 9.90 Å². The zero-order chi connectivity index (χ0) is 23.7. The molecule has 1 aliphatic carbocycles. The van der Waals surface area contributed by atoms with Gasteiger partial charge in [0.1, 0.15) is 10.7 Å². The summed E-state index contributed by atoms with van der Waals surface area (Å²) in [4.78, 5) is 23.8. The lowest BCUT2D eigenvalue weighted by molar-refractivity contribution is 0.102. The first-order valence-electron chi connectivity index (χ1n) is 11.8. The van der Waals surface area contributed by atoms with Crippen LogP contribution in [0.3, 0.4) is 0 Å². The van der Waals surface area contributed by atoms with Gasteiger partial charge in [0.2, 0.25) is 0 Å². The van der Waals surface area contributed by atoms with Crippen LogP contribution in [0.15, 0.2) is 29.6 Å². The number of hydrogen-bond donors (Lipinski definition) is 1. The zero-order valence-corrected chi connectivity index (χ0v) is 22.3. The van der Waals surface area contributed by atoms with E-state index < -0.39 is 0 Å². The van der Waals surface area contributed by atoms with Crippen molar-refractivity contribution in [3.05, 3.63) is 50.8 Å². The number of aryl methyl sites for hydroxylation is 1. The maximum Gasteiger partial charge on any atom is 0.257 e. The molecule has 2 aromatic heterocycles. The van der Waals surface area contributed by atoms with E-state index in [9.17, 15) is 4.79 Å². The highest BCUT2D eigenvalue weighted by Gasteiger charge is 2.28. The number of thiophene rings is 1. The molecule has 2 aliphatic rings. The molecular weight excluding hydrogens is 507 g/mol. The molecule has 5 nitrogen and oxygen atoms in total. The van der Waals surface area contributed by atoms with Gasteiger partial charge in [-0.25, -0.2) is 4.98 Å². The molecule has 1 N–H and O–H groups in total. The summed E-state index contributed by atoms with van der Waals surface area (Å²) in [5.41, 5.74) is 2.36. The lowest BCUT2D eigenvalue weighted by Crippen LogP contribution is -2.50. The number of carbonyl (C=O) groups is 1. The number of halogens is 2. The molecule has 1 saturated heterocycles. The Morgan fingerprint density at radius 2 is 1.85 bits per heavy atom. The van der Waals surface area contributed by atoms with Crippen LogP contribution >= 0.6 is 45.9 Å². The third-order valence-electron chi connectivity index (χ3n) is 6.76. The second-order valence-electron chi connectivity index (χ2n) is 9.03. The van der Waals surface area contributed by atoms with Crippen molar-refractivity contribution in [3.63, 3.8) is 0 Å². The van der Waals surface area contributed by atoms with Crippen LogP contribution in [0.25, 0.3) is 10.6 Å². The van der Waals surface area contributed by atoms with E-state index in [-0.39, 0.29) is 5.91 Å². The summed E-state index contributed by atoms with van der Waals surface area (Å²) in [6.07, 6.45) is 6.77. The summed E-state index contributed by atoms with van der Waals surface area (Å²) in [6.45, 7) is 5.98. The molecule has 0 bridgehead atoms. The van der Waals surface area contributed by atoms with E-state index in [1.165, 1.54) is 43.4 Å². The fourth-order valence-corrected chi connectivity index (χ4v) is 7.15. The van der Waals surface area contributed by atoms with E-state index in [1.807, 2.05) is 24.4 Å². The SMILES string of the molecule is Cc1ccc(C(=O)Nc2nc(-c3cc(Cl)cs3)c(N3CCN(C4CCCCC4)CC3)s2)cc1Cl. The van der Waals surface area contributed by atoms with Gasteiger partial charge >= 0.3 is 0 Å². The number of rotatable bonds is 5. The van der Waals surface area contributed by atoms with Gasteiger partial charge in [-0.3, -0.25) is 15.0 Å². The minimum Gasteiger partial charge on any atom is -0.359 e. The second kappa shape index (κ2) is 10.5. The first-order valence-corrected chi connectivity index (χ1v) is 14.2. The van der Waals surface area contributed by atoms with Crippen molar-refractivity contribution in [2.75, 3.05) is 36.4 Å². The highest BCUT2D eigenvalue weighted by Crippen LogP contribution is 2.42. The van der Waals surface area contributed by atoms with E-state index in [2.05, 4.69) is 15.1 Å². The normalized spacial score (nSPS) is 17.8.